The van der Waals surface area contributed by atoms with E-state index in [0.29, 0.717) is 12.6 Å². The molecule has 1 aliphatic carbocycles. The summed E-state index contributed by atoms with van der Waals surface area (Å²) in [5.41, 5.74) is 2.25. The Morgan fingerprint density at radius 3 is 2.81 bits per heavy atom. The number of benzene rings is 1. The van der Waals surface area contributed by atoms with Gasteiger partial charge in [0.15, 0.2) is 11.5 Å². The lowest BCUT2D eigenvalue weighted by atomic mass is 10.2. The van der Waals surface area contributed by atoms with Gasteiger partial charge in [0, 0.05) is 30.5 Å². The van der Waals surface area contributed by atoms with Gasteiger partial charge in [-0.2, -0.15) is 0 Å². The minimum Gasteiger partial charge on any atom is -0.493 e. The summed E-state index contributed by atoms with van der Waals surface area (Å²) in [7, 11) is 1.66. The highest BCUT2D eigenvalue weighted by Crippen LogP contribution is 2.29. The molecule has 1 aromatic heterocycles. The molecule has 0 atom stereocenters. The Balaban J connectivity index is 1.67. The number of aromatic nitrogens is 1. The van der Waals surface area contributed by atoms with Gasteiger partial charge in [-0.15, -0.1) is 0 Å². The summed E-state index contributed by atoms with van der Waals surface area (Å²) in [5, 5.41) is 3.50. The van der Waals surface area contributed by atoms with Crippen LogP contribution in [0.15, 0.2) is 42.7 Å². The molecule has 1 N–H and O–H groups in total. The van der Waals surface area contributed by atoms with E-state index < -0.39 is 0 Å². The molecular formula is C17H20N2O2. The standard InChI is InChI=1S/C17H20N2O2/c1-20-16-7-4-13(11-19-15-5-6-15)9-17(16)21-12-14-3-2-8-18-10-14/h2-4,7-10,15,19H,5-6,11-12H2,1H3. The van der Waals surface area contributed by atoms with Gasteiger partial charge < -0.3 is 14.8 Å². The fourth-order valence-corrected chi connectivity index (χ4v) is 2.14. The number of hydrogen-bond acceptors (Lipinski definition) is 4. The lowest BCUT2D eigenvalue weighted by molar-refractivity contribution is 0.283. The van der Waals surface area contributed by atoms with Gasteiger partial charge in [-0.25, -0.2) is 0 Å². The monoisotopic (exact) mass is 284 g/mol. The van der Waals surface area contributed by atoms with Crippen LogP contribution in [0, 0.1) is 0 Å². The summed E-state index contributed by atoms with van der Waals surface area (Å²) in [6.07, 6.45) is 6.15. The van der Waals surface area contributed by atoms with E-state index in [2.05, 4.69) is 16.4 Å². The number of nitrogens with one attached hydrogen (secondary N) is 1. The van der Waals surface area contributed by atoms with Crippen molar-refractivity contribution >= 4 is 0 Å². The maximum Gasteiger partial charge on any atom is 0.161 e. The van der Waals surface area contributed by atoms with Crippen LogP contribution in [0.3, 0.4) is 0 Å². The lowest BCUT2D eigenvalue weighted by Gasteiger charge is -2.12. The molecule has 0 aliphatic heterocycles. The largest absolute Gasteiger partial charge is 0.493 e. The summed E-state index contributed by atoms with van der Waals surface area (Å²) in [6.45, 7) is 1.36. The van der Waals surface area contributed by atoms with E-state index >= 15 is 0 Å². The molecule has 0 saturated heterocycles. The first kappa shape index (κ1) is 13.9. The molecule has 1 aliphatic rings. The van der Waals surface area contributed by atoms with Crippen molar-refractivity contribution in [3.05, 3.63) is 53.9 Å². The Morgan fingerprint density at radius 2 is 2.10 bits per heavy atom. The lowest BCUT2D eigenvalue weighted by Crippen LogP contribution is -2.15. The number of pyridine rings is 1. The second kappa shape index (κ2) is 6.59. The van der Waals surface area contributed by atoms with Gasteiger partial charge in [-0.05, 0) is 36.6 Å². The molecular weight excluding hydrogens is 264 g/mol. The smallest absolute Gasteiger partial charge is 0.161 e. The number of ether oxygens (including phenoxy) is 2. The molecule has 3 rings (SSSR count). The minimum atomic E-state index is 0.490. The molecule has 1 aromatic carbocycles. The molecule has 0 bridgehead atoms. The van der Waals surface area contributed by atoms with E-state index in [1.807, 2.05) is 30.5 Å². The molecule has 2 aromatic rings. The van der Waals surface area contributed by atoms with Crippen molar-refractivity contribution in [2.45, 2.75) is 32.0 Å². The highest BCUT2D eigenvalue weighted by Gasteiger charge is 2.20. The van der Waals surface area contributed by atoms with E-state index in [1.165, 1.54) is 18.4 Å². The maximum absolute atomic E-state index is 5.88. The Labute approximate surface area is 125 Å². The third kappa shape index (κ3) is 3.95. The van der Waals surface area contributed by atoms with Crippen LogP contribution < -0.4 is 14.8 Å². The van der Waals surface area contributed by atoms with Crippen LogP contribution in [0.5, 0.6) is 11.5 Å². The highest BCUT2D eigenvalue weighted by molar-refractivity contribution is 5.43. The summed E-state index contributed by atoms with van der Waals surface area (Å²) >= 11 is 0. The van der Waals surface area contributed by atoms with Gasteiger partial charge in [0.05, 0.1) is 7.11 Å². The van der Waals surface area contributed by atoms with Gasteiger partial charge in [-0.3, -0.25) is 4.98 Å². The predicted octanol–water partition coefficient (Wildman–Crippen LogP) is 2.92. The first-order valence-electron chi connectivity index (χ1n) is 7.27. The van der Waals surface area contributed by atoms with Crippen molar-refractivity contribution in [2.24, 2.45) is 0 Å². The Bertz CT molecular complexity index is 583. The van der Waals surface area contributed by atoms with Crippen LogP contribution in [-0.4, -0.2) is 18.1 Å². The molecule has 0 spiro atoms. The van der Waals surface area contributed by atoms with Crippen molar-refractivity contribution in [1.29, 1.82) is 0 Å². The van der Waals surface area contributed by atoms with E-state index in [0.717, 1.165) is 23.6 Å². The molecule has 0 amide bonds. The summed E-state index contributed by atoms with van der Waals surface area (Å²) in [5.74, 6) is 1.53. The Hall–Kier alpha value is -2.07. The summed E-state index contributed by atoms with van der Waals surface area (Å²) in [6, 6.07) is 10.7. The van der Waals surface area contributed by atoms with E-state index in [4.69, 9.17) is 9.47 Å². The van der Waals surface area contributed by atoms with Crippen LogP contribution in [0.4, 0.5) is 0 Å². The Kier molecular flexibility index (Phi) is 4.36. The zero-order valence-corrected chi connectivity index (χ0v) is 12.2. The second-order valence-corrected chi connectivity index (χ2v) is 5.29. The minimum absolute atomic E-state index is 0.490. The maximum atomic E-state index is 5.88. The van der Waals surface area contributed by atoms with Crippen LogP contribution >= 0.6 is 0 Å². The van der Waals surface area contributed by atoms with Crippen molar-refractivity contribution in [3.63, 3.8) is 0 Å². The topological polar surface area (TPSA) is 43.4 Å². The van der Waals surface area contributed by atoms with Crippen LogP contribution in [0.1, 0.15) is 24.0 Å². The van der Waals surface area contributed by atoms with Crippen molar-refractivity contribution in [2.75, 3.05) is 7.11 Å². The third-order valence-electron chi connectivity index (χ3n) is 3.52. The molecule has 1 fully saturated rings. The third-order valence-corrected chi connectivity index (χ3v) is 3.52. The molecule has 0 radical (unpaired) electrons. The van der Waals surface area contributed by atoms with Gasteiger partial charge in [0.25, 0.3) is 0 Å². The van der Waals surface area contributed by atoms with Crippen molar-refractivity contribution < 1.29 is 9.47 Å². The van der Waals surface area contributed by atoms with Crippen molar-refractivity contribution in [1.82, 2.24) is 10.3 Å². The molecule has 1 saturated carbocycles. The SMILES string of the molecule is COc1ccc(CNC2CC2)cc1OCc1cccnc1. The predicted molar refractivity (Wildman–Crippen MR) is 81.4 cm³/mol. The second-order valence-electron chi connectivity index (χ2n) is 5.29. The zero-order valence-electron chi connectivity index (χ0n) is 12.2. The molecule has 4 nitrogen and oxygen atoms in total. The quantitative estimate of drug-likeness (QED) is 0.849. The zero-order chi connectivity index (χ0) is 14.5. The van der Waals surface area contributed by atoms with Gasteiger partial charge in [0.1, 0.15) is 6.61 Å². The highest BCUT2D eigenvalue weighted by atomic mass is 16.5. The summed E-state index contributed by atoms with van der Waals surface area (Å²) < 4.78 is 11.3. The van der Waals surface area contributed by atoms with E-state index in [9.17, 15) is 0 Å². The first-order valence-corrected chi connectivity index (χ1v) is 7.27. The van der Waals surface area contributed by atoms with Gasteiger partial charge in [0.2, 0.25) is 0 Å². The number of methoxy groups -OCH3 is 1. The van der Waals surface area contributed by atoms with Crippen LogP contribution in [-0.2, 0) is 13.2 Å². The molecule has 110 valence electrons. The summed E-state index contributed by atoms with van der Waals surface area (Å²) in [4.78, 5) is 4.09. The van der Waals surface area contributed by atoms with Crippen LogP contribution in [0.25, 0.3) is 0 Å². The number of hydrogen-bond donors (Lipinski definition) is 1. The average molecular weight is 284 g/mol. The first-order chi connectivity index (χ1) is 10.3. The fraction of sp³-hybridized carbons (Fsp3) is 0.353. The number of rotatable bonds is 7. The molecule has 4 heteroatoms. The normalized spacial score (nSPS) is 14.0. The molecule has 0 unspecified atom stereocenters. The number of nitrogens with zero attached hydrogens (tertiary/aromatic N) is 1. The van der Waals surface area contributed by atoms with Crippen LogP contribution in [0.2, 0.25) is 0 Å². The average Bonchev–Trinajstić information content (AvgIpc) is 3.36. The molecule has 1 heterocycles. The Morgan fingerprint density at radius 1 is 1.19 bits per heavy atom. The van der Waals surface area contributed by atoms with Crippen molar-refractivity contribution in [3.8, 4) is 11.5 Å². The fourth-order valence-electron chi connectivity index (χ4n) is 2.14. The van der Waals surface area contributed by atoms with Gasteiger partial charge >= 0.3 is 0 Å². The van der Waals surface area contributed by atoms with E-state index in [-0.39, 0.29) is 0 Å². The van der Waals surface area contributed by atoms with Gasteiger partial charge in [-0.1, -0.05) is 12.1 Å². The van der Waals surface area contributed by atoms with E-state index in [1.54, 1.807) is 13.3 Å². The molecule has 21 heavy (non-hydrogen) atoms.